The van der Waals surface area contributed by atoms with E-state index in [4.69, 9.17) is 0 Å². The Balaban J connectivity index is 2.12. The first-order valence-electron chi connectivity index (χ1n) is 7.60. The SMILES string of the molecule is CC(C)(C)CNc1ccc(N2CCC(O)CC2)c(C#N)c1. The first-order valence-corrected chi connectivity index (χ1v) is 7.60. The summed E-state index contributed by atoms with van der Waals surface area (Å²) in [5, 5.41) is 22.4. The number of piperidine rings is 1. The molecule has 4 nitrogen and oxygen atoms in total. The van der Waals surface area contributed by atoms with Crippen LogP contribution in [-0.4, -0.2) is 30.8 Å². The number of anilines is 2. The fourth-order valence-corrected chi connectivity index (χ4v) is 2.49. The first kappa shape index (κ1) is 15.7. The molecular formula is C17H25N3O. The van der Waals surface area contributed by atoms with Gasteiger partial charge in [-0.1, -0.05) is 20.8 Å². The van der Waals surface area contributed by atoms with E-state index in [9.17, 15) is 10.4 Å². The number of hydrogen-bond donors (Lipinski definition) is 2. The van der Waals surface area contributed by atoms with Gasteiger partial charge in [0.1, 0.15) is 6.07 Å². The fourth-order valence-electron chi connectivity index (χ4n) is 2.49. The van der Waals surface area contributed by atoms with Crippen LogP contribution in [0.25, 0.3) is 0 Å². The van der Waals surface area contributed by atoms with E-state index < -0.39 is 0 Å². The van der Waals surface area contributed by atoms with Crippen molar-refractivity contribution >= 4 is 11.4 Å². The lowest BCUT2D eigenvalue weighted by atomic mass is 9.97. The lowest BCUT2D eigenvalue weighted by molar-refractivity contribution is 0.145. The molecule has 0 saturated carbocycles. The molecule has 1 aliphatic rings. The molecule has 4 heteroatoms. The van der Waals surface area contributed by atoms with Gasteiger partial charge >= 0.3 is 0 Å². The summed E-state index contributed by atoms with van der Waals surface area (Å²) in [6, 6.07) is 8.27. The Morgan fingerprint density at radius 1 is 1.33 bits per heavy atom. The molecule has 0 atom stereocenters. The van der Waals surface area contributed by atoms with E-state index in [1.807, 2.05) is 18.2 Å². The van der Waals surface area contributed by atoms with Crippen molar-refractivity contribution in [1.29, 1.82) is 5.26 Å². The number of nitrogens with zero attached hydrogens (tertiary/aromatic N) is 2. The van der Waals surface area contributed by atoms with Crippen molar-refractivity contribution in [2.24, 2.45) is 5.41 Å². The van der Waals surface area contributed by atoms with E-state index in [1.54, 1.807) is 0 Å². The summed E-state index contributed by atoms with van der Waals surface area (Å²) in [5.74, 6) is 0. The van der Waals surface area contributed by atoms with Gasteiger partial charge in [-0.15, -0.1) is 0 Å². The molecule has 0 bridgehead atoms. The maximum Gasteiger partial charge on any atom is 0.101 e. The molecule has 114 valence electrons. The predicted molar refractivity (Wildman–Crippen MR) is 86.6 cm³/mol. The standard InChI is InChI=1S/C17H25N3O/c1-17(2,3)12-19-14-4-5-16(13(10-14)11-18)20-8-6-15(21)7-9-20/h4-5,10,15,19,21H,6-9,12H2,1-3H3. The normalized spacial score (nSPS) is 16.6. The lowest BCUT2D eigenvalue weighted by Crippen LogP contribution is -2.36. The van der Waals surface area contributed by atoms with E-state index in [1.165, 1.54) is 0 Å². The Morgan fingerprint density at radius 2 is 2.00 bits per heavy atom. The average Bonchev–Trinajstić information content (AvgIpc) is 2.45. The molecule has 2 rings (SSSR count). The summed E-state index contributed by atoms with van der Waals surface area (Å²) < 4.78 is 0. The van der Waals surface area contributed by atoms with Gasteiger partial charge in [-0.2, -0.15) is 5.26 Å². The van der Waals surface area contributed by atoms with Crippen molar-refractivity contribution in [3.8, 4) is 6.07 Å². The topological polar surface area (TPSA) is 59.3 Å². The molecule has 1 aromatic rings. The third kappa shape index (κ3) is 4.37. The van der Waals surface area contributed by atoms with Crippen molar-refractivity contribution in [3.05, 3.63) is 23.8 Å². The summed E-state index contributed by atoms with van der Waals surface area (Å²) in [6.45, 7) is 9.03. The second kappa shape index (κ2) is 6.36. The number of aliphatic hydroxyl groups excluding tert-OH is 1. The van der Waals surface area contributed by atoms with Gasteiger partial charge in [0, 0.05) is 25.3 Å². The third-order valence-electron chi connectivity index (χ3n) is 3.75. The first-order chi connectivity index (χ1) is 9.89. The molecule has 0 aromatic heterocycles. The summed E-state index contributed by atoms with van der Waals surface area (Å²) in [6.07, 6.45) is 1.35. The van der Waals surface area contributed by atoms with Crippen LogP contribution < -0.4 is 10.2 Å². The highest BCUT2D eigenvalue weighted by atomic mass is 16.3. The molecule has 0 aliphatic carbocycles. The number of nitriles is 1. The Kier molecular flexibility index (Phi) is 4.74. The Bertz CT molecular complexity index is 520. The number of rotatable bonds is 3. The molecule has 1 heterocycles. The van der Waals surface area contributed by atoms with Crippen LogP contribution in [0, 0.1) is 16.7 Å². The zero-order chi connectivity index (χ0) is 15.5. The van der Waals surface area contributed by atoms with E-state index in [2.05, 4.69) is 37.1 Å². The molecule has 1 fully saturated rings. The van der Waals surface area contributed by atoms with Gasteiger partial charge in [-0.25, -0.2) is 0 Å². The van der Waals surface area contributed by atoms with Gasteiger partial charge in [-0.3, -0.25) is 0 Å². The second-order valence-electron chi connectivity index (χ2n) is 6.98. The Labute approximate surface area is 127 Å². The van der Waals surface area contributed by atoms with Crippen LogP contribution in [0.2, 0.25) is 0 Å². The maximum absolute atomic E-state index is 9.59. The van der Waals surface area contributed by atoms with Gasteiger partial charge in [0.2, 0.25) is 0 Å². The Morgan fingerprint density at radius 3 is 2.57 bits per heavy atom. The van der Waals surface area contributed by atoms with Crippen LogP contribution in [0.3, 0.4) is 0 Å². The van der Waals surface area contributed by atoms with Gasteiger partial charge in [-0.05, 0) is 36.5 Å². The van der Waals surface area contributed by atoms with E-state index >= 15 is 0 Å². The minimum atomic E-state index is -0.195. The highest BCUT2D eigenvalue weighted by molar-refractivity contribution is 5.65. The minimum absolute atomic E-state index is 0.195. The highest BCUT2D eigenvalue weighted by Crippen LogP contribution is 2.27. The monoisotopic (exact) mass is 287 g/mol. The third-order valence-corrected chi connectivity index (χ3v) is 3.75. The molecule has 0 spiro atoms. The fraction of sp³-hybridized carbons (Fsp3) is 0.588. The molecule has 0 radical (unpaired) electrons. The maximum atomic E-state index is 9.59. The van der Waals surface area contributed by atoms with Crippen LogP contribution in [0.1, 0.15) is 39.2 Å². The average molecular weight is 287 g/mol. The molecule has 1 aliphatic heterocycles. The summed E-state index contributed by atoms with van der Waals surface area (Å²) in [5.41, 5.74) is 2.87. The van der Waals surface area contributed by atoms with Crippen LogP contribution in [-0.2, 0) is 0 Å². The number of benzene rings is 1. The van der Waals surface area contributed by atoms with Gasteiger partial charge in [0.25, 0.3) is 0 Å². The molecule has 21 heavy (non-hydrogen) atoms. The van der Waals surface area contributed by atoms with E-state index in [-0.39, 0.29) is 11.5 Å². The zero-order valence-electron chi connectivity index (χ0n) is 13.2. The van der Waals surface area contributed by atoms with E-state index in [0.717, 1.165) is 43.9 Å². The molecular weight excluding hydrogens is 262 g/mol. The quantitative estimate of drug-likeness (QED) is 0.897. The lowest BCUT2D eigenvalue weighted by Gasteiger charge is -2.32. The van der Waals surface area contributed by atoms with Crippen LogP contribution in [0.15, 0.2) is 18.2 Å². The van der Waals surface area contributed by atoms with Gasteiger partial charge in [0.15, 0.2) is 0 Å². The second-order valence-corrected chi connectivity index (χ2v) is 6.98. The van der Waals surface area contributed by atoms with Crippen molar-refractivity contribution in [1.82, 2.24) is 0 Å². The number of aliphatic hydroxyl groups is 1. The highest BCUT2D eigenvalue weighted by Gasteiger charge is 2.19. The molecule has 0 unspecified atom stereocenters. The molecule has 1 aromatic carbocycles. The molecule has 2 N–H and O–H groups in total. The van der Waals surface area contributed by atoms with Crippen molar-refractivity contribution in [2.75, 3.05) is 29.9 Å². The van der Waals surface area contributed by atoms with Crippen LogP contribution >= 0.6 is 0 Å². The predicted octanol–water partition coefficient (Wildman–Crippen LogP) is 2.98. The van der Waals surface area contributed by atoms with Crippen molar-refractivity contribution < 1.29 is 5.11 Å². The van der Waals surface area contributed by atoms with Crippen molar-refractivity contribution in [3.63, 3.8) is 0 Å². The summed E-state index contributed by atoms with van der Waals surface area (Å²) >= 11 is 0. The minimum Gasteiger partial charge on any atom is -0.393 e. The molecule has 0 amide bonds. The summed E-state index contributed by atoms with van der Waals surface area (Å²) in [4.78, 5) is 2.19. The largest absolute Gasteiger partial charge is 0.393 e. The smallest absolute Gasteiger partial charge is 0.101 e. The van der Waals surface area contributed by atoms with Crippen LogP contribution in [0.5, 0.6) is 0 Å². The Hall–Kier alpha value is -1.73. The van der Waals surface area contributed by atoms with Crippen LogP contribution in [0.4, 0.5) is 11.4 Å². The van der Waals surface area contributed by atoms with Gasteiger partial charge < -0.3 is 15.3 Å². The number of hydrogen-bond acceptors (Lipinski definition) is 4. The van der Waals surface area contributed by atoms with Gasteiger partial charge in [0.05, 0.1) is 17.4 Å². The summed E-state index contributed by atoms with van der Waals surface area (Å²) in [7, 11) is 0. The molecule has 1 saturated heterocycles. The number of nitrogens with one attached hydrogen (secondary N) is 1. The van der Waals surface area contributed by atoms with Crippen molar-refractivity contribution in [2.45, 2.75) is 39.7 Å². The zero-order valence-corrected chi connectivity index (χ0v) is 13.2. The van der Waals surface area contributed by atoms with E-state index in [0.29, 0.717) is 5.56 Å².